The third-order valence-corrected chi connectivity index (χ3v) is 3.92. The van der Waals surface area contributed by atoms with Crippen molar-refractivity contribution < 1.29 is 9.59 Å². The first kappa shape index (κ1) is 19.3. The number of anilines is 2. The molecule has 0 aliphatic carbocycles. The summed E-state index contributed by atoms with van der Waals surface area (Å²) in [6, 6.07) is 15.1. The summed E-state index contributed by atoms with van der Waals surface area (Å²) in [5.74, 6) is -0.161. The molecule has 0 saturated heterocycles. The summed E-state index contributed by atoms with van der Waals surface area (Å²) in [6.07, 6.45) is 0.765. The molecule has 2 rings (SSSR count). The molecule has 0 aromatic heterocycles. The van der Waals surface area contributed by atoms with E-state index >= 15 is 0 Å². The highest BCUT2D eigenvalue weighted by Gasteiger charge is 2.15. The van der Waals surface area contributed by atoms with E-state index in [0.29, 0.717) is 17.8 Å². The molecule has 0 saturated carbocycles. The van der Waals surface area contributed by atoms with Crippen LogP contribution in [0.25, 0.3) is 0 Å². The lowest BCUT2D eigenvalue weighted by molar-refractivity contribution is 0.0954. The van der Waals surface area contributed by atoms with Gasteiger partial charge in [0.05, 0.1) is 5.56 Å². The van der Waals surface area contributed by atoms with Gasteiger partial charge in [-0.3, -0.25) is 4.79 Å². The Hall–Kier alpha value is -3.02. The molecule has 6 heteroatoms. The molecular formula is C20H26N4O2. The number of urea groups is 1. The number of hydrogen-bond acceptors (Lipinski definition) is 3. The van der Waals surface area contributed by atoms with Crippen LogP contribution in [-0.2, 0) is 6.42 Å². The van der Waals surface area contributed by atoms with Crippen molar-refractivity contribution in [2.75, 3.05) is 45.0 Å². The van der Waals surface area contributed by atoms with Gasteiger partial charge in [0.25, 0.3) is 5.91 Å². The molecule has 3 amide bonds. The molecule has 2 aromatic carbocycles. The van der Waals surface area contributed by atoms with Gasteiger partial charge in [-0.05, 0) is 30.2 Å². The summed E-state index contributed by atoms with van der Waals surface area (Å²) in [7, 11) is 7.10. The lowest BCUT2D eigenvalue weighted by Gasteiger charge is -2.19. The molecule has 0 heterocycles. The second-order valence-electron chi connectivity index (χ2n) is 6.44. The molecule has 0 atom stereocenters. The lowest BCUT2D eigenvalue weighted by atomic mass is 10.1. The Balaban J connectivity index is 2.10. The monoisotopic (exact) mass is 354 g/mol. The highest BCUT2D eigenvalue weighted by atomic mass is 16.2. The van der Waals surface area contributed by atoms with Gasteiger partial charge >= 0.3 is 6.03 Å². The number of amides is 3. The van der Waals surface area contributed by atoms with Crippen LogP contribution in [0.5, 0.6) is 0 Å². The van der Waals surface area contributed by atoms with Crippen LogP contribution < -0.4 is 15.5 Å². The van der Waals surface area contributed by atoms with Crippen molar-refractivity contribution in [3.05, 3.63) is 59.7 Å². The largest absolute Gasteiger partial charge is 0.377 e. The zero-order valence-electron chi connectivity index (χ0n) is 15.7. The average Bonchev–Trinajstić information content (AvgIpc) is 2.62. The Morgan fingerprint density at radius 1 is 0.962 bits per heavy atom. The quantitative estimate of drug-likeness (QED) is 0.838. The van der Waals surface area contributed by atoms with Crippen LogP contribution in [0.2, 0.25) is 0 Å². The molecule has 0 unspecified atom stereocenters. The molecule has 138 valence electrons. The maximum atomic E-state index is 12.7. The van der Waals surface area contributed by atoms with Crippen molar-refractivity contribution in [2.24, 2.45) is 0 Å². The van der Waals surface area contributed by atoms with Gasteiger partial charge in [-0.2, -0.15) is 0 Å². The Morgan fingerprint density at radius 2 is 1.65 bits per heavy atom. The van der Waals surface area contributed by atoms with E-state index in [-0.39, 0.29) is 11.9 Å². The minimum atomic E-state index is -0.238. The van der Waals surface area contributed by atoms with Crippen LogP contribution in [0, 0.1) is 0 Å². The molecule has 2 N–H and O–H groups in total. The second kappa shape index (κ2) is 8.89. The van der Waals surface area contributed by atoms with Crippen molar-refractivity contribution in [3.63, 3.8) is 0 Å². The summed E-state index contributed by atoms with van der Waals surface area (Å²) in [5, 5.41) is 5.73. The molecule has 6 nitrogen and oxygen atoms in total. The first-order chi connectivity index (χ1) is 12.4. The Labute approximate surface area is 154 Å². The summed E-state index contributed by atoms with van der Waals surface area (Å²) in [6.45, 7) is 0.546. The van der Waals surface area contributed by atoms with E-state index in [4.69, 9.17) is 0 Å². The summed E-state index contributed by atoms with van der Waals surface area (Å²) >= 11 is 0. The molecule has 2 aromatic rings. The maximum absolute atomic E-state index is 12.7. The number of benzene rings is 2. The van der Waals surface area contributed by atoms with Gasteiger partial charge in [0.2, 0.25) is 0 Å². The Kier molecular flexibility index (Phi) is 6.60. The van der Waals surface area contributed by atoms with Crippen LogP contribution in [0.1, 0.15) is 15.9 Å². The van der Waals surface area contributed by atoms with Crippen molar-refractivity contribution in [2.45, 2.75) is 6.42 Å². The van der Waals surface area contributed by atoms with Crippen LogP contribution in [-0.4, -0.2) is 51.6 Å². The highest BCUT2D eigenvalue weighted by molar-refractivity contribution is 6.01. The van der Waals surface area contributed by atoms with E-state index in [2.05, 4.69) is 10.6 Å². The first-order valence-corrected chi connectivity index (χ1v) is 8.50. The number of nitrogens with zero attached hydrogens (tertiary/aromatic N) is 2. The van der Waals surface area contributed by atoms with Gasteiger partial charge in [0.1, 0.15) is 0 Å². The average molecular weight is 354 g/mol. The third kappa shape index (κ3) is 5.24. The highest BCUT2D eigenvalue weighted by Crippen LogP contribution is 2.23. The zero-order valence-corrected chi connectivity index (χ0v) is 15.7. The molecular weight excluding hydrogens is 328 g/mol. The number of carbonyl (C=O) groups excluding carboxylic acids is 2. The second-order valence-corrected chi connectivity index (χ2v) is 6.44. The fourth-order valence-corrected chi connectivity index (χ4v) is 2.48. The number of nitrogens with one attached hydrogen (secondary N) is 2. The Morgan fingerprint density at radius 3 is 2.27 bits per heavy atom. The van der Waals surface area contributed by atoms with E-state index in [1.54, 1.807) is 26.2 Å². The van der Waals surface area contributed by atoms with E-state index in [0.717, 1.165) is 12.1 Å². The smallest absolute Gasteiger partial charge is 0.321 e. The maximum Gasteiger partial charge on any atom is 0.321 e. The summed E-state index contributed by atoms with van der Waals surface area (Å²) < 4.78 is 0. The van der Waals surface area contributed by atoms with Gasteiger partial charge in [0, 0.05) is 46.1 Å². The van der Waals surface area contributed by atoms with Gasteiger partial charge in [-0.25, -0.2) is 4.79 Å². The minimum absolute atomic E-state index is 0.161. The SMILES string of the molecule is CN(C)C(=O)Nc1ccc(N(C)C)c(C(=O)NCCc2ccccc2)c1. The van der Waals surface area contributed by atoms with Crippen molar-refractivity contribution in [1.82, 2.24) is 10.2 Å². The fourth-order valence-electron chi connectivity index (χ4n) is 2.48. The van der Waals surface area contributed by atoms with Crippen molar-refractivity contribution in [3.8, 4) is 0 Å². The molecule has 0 spiro atoms. The van der Waals surface area contributed by atoms with Gasteiger partial charge in [-0.15, -0.1) is 0 Å². The lowest BCUT2D eigenvalue weighted by Crippen LogP contribution is -2.29. The zero-order chi connectivity index (χ0) is 19.1. The predicted octanol–water partition coefficient (Wildman–Crippen LogP) is 2.82. The van der Waals surface area contributed by atoms with Crippen LogP contribution in [0.3, 0.4) is 0 Å². The van der Waals surface area contributed by atoms with E-state index in [1.165, 1.54) is 10.5 Å². The summed E-state index contributed by atoms with van der Waals surface area (Å²) in [5.41, 5.74) is 3.08. The normalized spacial score (nSPS) is 10.2. The number of rotatable bonds is 6. The summed E-state index contributed by atoms with van der Waals surface area (Å²) in [4.78, 5) is 27.8. The minimum Gasteiger partial charge on any atom is -0.377 e. The van der Waals surface area contributed by atoms with Crippen molar-refractivity contribution >= 4 is 23.3 Å². The first-order valence-electron chi connectivity index (χ1n) is 8.50. The topological polar surface area (TPSA) is 64.7 Å². The van der Waals surface area contributed by atoms with Crippen LogP contribution in [0.4, 0.5) is 16.2 Å². The van der Waals surface area contributed by atoms with Crippen LogP contribution >= 0.6 is 0 Å². The Bertz CT molecular complexity index is 758. The standard InChI is InChI=1S/C20H26N4O2/c1-23(2)18-11-10-16(22-20(26)24(3)4)14-17(18)19(25)21-13-12-15-8-6-5-7-9-15/h5-11,14H,12-13H2,1-4H3,(H,21,25)(H,22,26). The number of hydrogen-bond donors (Lipinski definition) is 2. The van der Waals surface area contributed by atoms with E-state index in [1.807, 2.05) is 55.4 Å². The molecule has 0 aliphatic heterocycles. The molecule has 0 bridgehead atoms. The van der Waals surface area contributed by atoms with E-state index < -0.39 is 0 Å². The predicted molar refractivity (Wildman–Crippen MR) is 106 cm³/mol. The van der Waals surface area contributed by atoms with Gasteiger partial charge in [-0.1, -0.05) is 30.3 Å². The van der Waals surface area contributed by atoms with Crippen molar-refractivity contribution in [1.29, 1.82) is 0 Å². The molecule has 0 radical (unpaired) electrons. The fraction of sp³-hybridized carbons (Fsp3) is 0.300. The molecule has 0 fully saturated rings. The van der Waals surface area contributed by atoms with Crippen LogP contribution in [0.15, 0.2) is 48.5 Å². The van der Waals surface area contributed by atoms with E-state index in [9.17, 15) is 9.59 Å². The molecule has 26 heavy (non-hydrogen) atoms. The number of carbonyl (C=O) groups is 2. The third-order valence-electron chi connectivity index (χ3n) is 3.92. The van der Waals surface area contributed by atoms with Gasteiger partial charge < -0.3 is 20.4 Å². The van der Waals surface area contributed by atoms with Gasteiger partial charge in [0.15, 0.2) is 0 Å². The molecule has 0 aliphatic rings.